The van der Waals surface area contributed by atoms with Crippen molar-refractivity contribution in [2.75, 3.05) is 12.9 Å². The van der Waals surface area contributed by atoms with Crippen LogP contribution in [0.4, 0.5) is 0 Å². The monoisotopic (exact) mass is 297 g/mol. The van der Waals surface area contributed by atoms with E-state index in [9.17, 15) is 4.79 Å². The van der Waals surface area contributed by atoms with Gasteiger partial charge in [0.25, 0.3) is 0 Å². The van der Waals surface area contributed by atoms with Crippen molar-refractivity contribution in [3.63, 3.8) is 0 Å². The van der Waals surface area contributed by atoms with Crippen LogP contribution in [0.2, 0.25) is 0 Å². The lowest BCUT2D eigenvalue weighted by Crippen LogP contribution is -2.13. The molecule has 0 aliphatic heterocycles. The average molecular weight is 297 g/mol. The highest BCUT2D eigenvalue weighted by Gasteiger charge is 2.16. The fourth-order valence-corrected chi connectivity index (χ4v) is 2.35. The van der Waals surface area contributed by atoms with Crippen molar-refractivity contribution in [3.8, 4) is 6.07 Å². The Hall–Kier alpha value is -1.62. The number of unbranched alkanes of at least 4 members (excludes halogenated alkanes) is 1. The Balaban J connectivity index is 2.31. The molecule has 110 valence electrons. The van der Waals surface area contributed by atoms with E-state index < -0.39 is 0 Å². The maximum absolute atomic E-state index is 11.2. The predicted octanol–water partition coefficient (Wildman–Crippen LogP) is 1.66. The Morgan fingerprint density at radius 3 is 2.90 bits per heavy atom. The van der Waals surface area contributed by atoms with Crippen molar-refractivity contribution in [1.82, 2.24) is 20.2 Å². The number of aromatic nitrogens is 4. The number of ether oxygens (including phenoxy) is 1. The Morgan fingerprint density at radius 1 is 1.50 bits per heavy atom. The van der Waals surface area contributed by atoms with Gasteiger partial charge < -0.3 is 4.74 Å². The van der Waals surface area contributed by atoms with E-state index in [1.807, 2.05) is 13.8 Å². The average Bonchev–Trinajstić information content (AvgIpc) is 2.85. The summed E-state index contributed by atoms with van der Waals surface area (Å²) in [4.78, 5) is 11.2. The molecule has 20 heavy (non-hydrogen) atoms. The van der Waals surface area contributed by atoms with Crippen LogP contribution in [0, 0.1) is 16.7 Å². The number of nitrogens with zero attached hydrogens (tertiary/aromatic N) is 5. The number of methoxy groups -OCH3 is 1. The SMILES string of the molecule is COC(=O)Cn1nnnc1SCCCCC(C)(C)C#N. The molecule has 7 nitrogen and oxygen atoms in total. The van der Waals surface area contributed by atoms with E-state index in [2.05, 4.69) is 26.3 Å². The van der Waals surface area contributed by atoms with Crippen molar-refractivity contribution in [3.05, 3.63) is 0 Å². The van der Waals surface area contributed by atoms with E-state index in [-0.39, 0.29) is 17.9 Å². The number of hydrogen-bond donors (Lipinski definition) is 0. The maximum Gasteiger partial charge on any atom is 0.327 e. The van der Waals surface area contributed by atoms with Gasteiger partial charge in [0, 0.05) is 5.75 Å². The lowest BCUT2D eigenvalue weighted by Gasteiger charge is -2.13. The fourth-order valence-electron chi connectivity index (χ4n) is 1.47. The summed E-state index contributed by atoms with van der Waals surface area (Å²) in [5.41, 5.74) is -0.267. The highest BCUT2D eigenvalue weighted by molar-refractivity contribution is 7.99. The molecule has 0 radical (unpaired) electrons. The Morgan fingerprint density at radius 2 is 2.25 bits per heavy atom. The molecule has 1 aromatic heterocycles. The van der Waals surface area contributed by atoms with Gasteiger partial charge in [-0.25, -0.2) is 4.68 Å². The van der Waals surface area contributed by atoms with Crippen LogP contribution in [-0.4, -0.2) is 39.0 Å². The van der Waals surface area contributed by atoms with Gasteiger partial charge in [-0.05, 0) is 37.1 Å². The number of nitriles is 1. The first kappa shape index (κ1) is 16.4. The smallest absolute Gasteiger partial charge is 0.327 e. The molecule has 0 aliphatic carbocycles. The predicted molar refractivity (Wildman–Crippen MR) is 73.8 cm³/mol. The highest BCUT2D eigenvalue weighted by atomic mass is 32.2. The molecule has 1 rings (SSSR count). The van der Waals surface area contributed by atoms with Crippen molar-refractivity contribution < 1.29 is 9.53 Å². The van der Waals surface area contributed by atoms with Gasteiger partial charge in [-0.15, -0.1) is 5.10 Å². The van der Waals surface area contributed by atoms with Crippen LogP contribution in [-0.2, 0) is 16.1 Å². The highest BCUT2D eigenvalue weighted by Crippen LogP contribution is 2.23. The van der Waals surface area contributed by atoms with Crippen molar-refractivity contribution >= 4 is 17.7 Å². The molecule has 0 fully saturated rings. The normalized spacial score (nSPS) is 11.1. The summed E-state index contributed by atoms with van der Waals surface area (Å²) in [5, 5.41) is 20.7. The number of rotatable bonds is 8. The summed E-state index contributed by atoms with van der Waals surface area (Å²) in [6.45, 7) is 3.90. The molecule has 0 spiro atoms. The second kappa shape index (κ2) is 7.85. The summed E-state index contributed by atoms with van der Waals surface area (Å²) in [7, 11) is 1.33. The lowest BCUT2D eigenvalue weighted by atomic mass is 9.89. The van der Waals surface area contributed by atoms with Crippen LogP contribution >= 0.6 is 11.8 Å². The minimum absolute atomic E-state index is 0.0211. The third kappa shape index (κ3) is 5.57. The fraction of sp³-hybridized carbons (Fsp3) is 0.750. The minimum atomic E-state index is -0.380. The molecule has 0 atom stereocenters. The number of carbonyl (C=O) groups excluding carboxylic acids is 1. The van der Waals surface area contributed by atoms with Gasteiger partial charge >= 0.3 is 5.97 Å². The number of esters is 1. The molecular formula is C12H19N5O2S. The van der Waals surface area contributed by atoms with Crippen molar-refractivity contribution in [2.24, 2.45) is 5.41 Å². The van der Waals surface area contributed by atoms with Gasteiger partial charge in [-0.2, -0.15) is 5.26 Å². The zero-order chi connectivity index (χ0) is 15.0. The van der Waals surface area contributed by atoms with Crippen LogP contribution < -0.4 is 0 Å². The summed E-state index contributed by atoms with van der Waals surface area (Å²) in [5.74, 6) is 0.471. The molecule has 0 bridgehead atoms. The first-order chi connectivity index (χ1) is 9.48. The standard InChI is InChI=1S/C12H19N5O2S/c1-12(2,9-13)6-4-5-7-20-11-14-15-16-17(11)8-10(18)19-3/h4-8H2,1-3H3. The van der Waals surface area contributed by atoms with E-state index in [1.54, 1.807) is 0 Å². The van der Waals surface area contributed by atoms with Crippen LogP contribution in [0.25, 0.3) is 0 Å². The molecule has 1 aromatic rings. The molecule has 0 unspecified atom stereocenters. The maximum atomic E-state index is 11.2. The second-order valence-corrected chi connectivity index (χ2v) is 6.06. The van der Waals surface area contributed by atoms with Gasteiger partial charge in [0.2, 0.25) is 5.16 Å². The molecule has 0 saturated heterocycles. The van der Waals surface area contributed by atoms with Gasteiger partial charge in [-0.3, -0.25) is 4.79 Å². The Bertz CT molecular complexity index is 480. The van der Waals surface area contributed by atoms with Crippen LogP contribution in [0.3, 0.4) is 0 Å². The van der Waals surface area contributed by atoms with E-state index in [1.165, 1.54) is 23.6 Å². The van der Waals surface area contributed by atoms with Gasteiger partial charge in [0.05, 0.1) is 18.6 Å². The quantitative estimate of drug-likeness (QED) is 0.409. The number of thioether (sulfide) groups is 1. The molecule has 8 heteroatoms. The molecule has 0 N–H and O–H groups in total. The number of carbonyl (C=O) groups is 1. The van der Waals surface area contributed by atoms with Crippen molar-refractivity contribution in [1.29, 1.82) is 5.26 Å². The topological polar surface area (TPSA) is 93.7 Å². The summed E-state index contributed by atoms with van der Waals surface area (Å²) in [6, 6.07) is 2.29. The Kier molecular flexibility index (Phi) is 6.45. The first-order valence-electron chi connectivity index (χ1n) is 6.35. The van der Waals surface area contributed by atoms with Gasteiger partial charge in [0.15, 0.2) is 0 Å². The van der Waals surface area contributed by atoms with Gasteiger partial charge in [-0.1, -0.05) is 18.2 Å². The summed E-state index contributed by atoms with van der Waals surface area (Å²) < 4.78 is 6.00. The molecule has 0 aromatic carbocycles. The van der Waals surface area contributed by atoms with Gasteiger partial charge in [0.1, 0.15) is 6.54 Å². The van der Waals surface area contributed by atoms with Crippen LogP contribution in [0.15, 0.2) is 5.16 Å². The zero-order valence-electron chi connectivity index (χ0n) is 12.0. The van der Waals surface area contributed by atoms with Crippen LogP contribution in [0.5, 0.6) is 0 Å². The number of tetrazole rings is 1. The van der Waals surface area contributed by atoms with E-state index in [0.717, 1.165) is 25.0 Å². The van der Waals surface area contributed by atoms with Crippen LogP contribution in [0.1, 0.15) is 33.1 Å². The molecule has 0 aliphatic rings. The third-order valence-corrected chi connectivity index (χ3v) is 3.78. The molecular weight excluding hydrogens is 278 g/mol. The summed E-state index contributed by atoms with van der Waals surface area (Å²) in [6.07, 6.45) is 2.82. The lowest BCUT2D eigenvalue weighted by molar-refractivity contribution is -0.141. The zero-order valence-corrected chi connectivity index (χ0v) is 12.8. The Labute approximate surface area is 122 Å². The van der Waals surface area contributed by atoms with Crippen molar-refractivity contribution in [2.45, 2.75) is 44.8 Å². The van der Waals surface area contributed by atoms with E-state index >= 15 is 0 Å². The third-order valence-electron chi connectivity index (χ3n) is 2.74. The first-order valence-corrected chi connectivity index (χ1v) is 7.34. The molecule has 1 heterocycles. The summed E-state index contributed by atoms with van der Waals surface area (Å²) >= 11 is 1.50. The van der Waals surface area contributed by atoms with E-state index in [4.69, 9.17) is 5.26 Å². The van der Waals surface area contributed by atoms with E-state index in [0.29, 0.717) is 5.16 Å². The molecule has 0 amide bonds. The minimum Gasteiger partial charge on any atom is -0.468 e. The second-order valence-electron chi connectivity index (χ2n) is 5.00. The largest absolute Gasteiger partial charge is 0.468 e. The molecule has 0 saturated carbocycles. The number of hydrogen-bond acceptors (Lipinski definition) is 7.